The van der Waals surface area contributed by atoms with E-state index in [4.69, 9.17) is 0 Å². The molecule has 1 aromatic carbocycles. The molecule has 0 bridgehead atoms. The number of aryl methyl sites for hydroxylation is 1. The zero-order valence-electron chi connectivity index (χ0n) is 10.4. The zero-order chi connectivity index (χ0) is 12.4. The molecule has 0 spiro atoms. The van der Waals surface area contributed by atoms with E-state index >= 15 is 0 Å². The van der Waals surface area contributed by atoms with Gasteiger partial charge in [-0.1, -0.05) is 32.0 Å². The van der Waals surface area contributed by atoms with Gasteiger partial charge in [0.25, 0.3) is 0 Å². The standard InChI is InChI=1S/C15H16FN/c1-10(2)13-5-4-8-17-15(13)12-7-6-11(3)14(16)9-12/h4-10H,1-3H3. The van der Waals surface area contributed by atoms with Gasteiger partial charge in [-0.15, -0.1) is 0 Å². The van der Waals surface area contributed by atoms with Gasteiger partial charge >= 0.3 is 0 Å². The molecular formula is C15H16FN. The molecule has 0 atom stereocenters. The molecule has 0 aliphatic rings. The molecule has 0 saturated carbocycles. The van der Waals surface area contributed by atoms with E-state index in [0.717, 1.165) is 16.8 Å². The summed E-state index contributed by atoms with van der Waals surface area (Å²) in [6.45, 7) is 6.00. The molecule has 0 aliphatic carbocycles. The van der Waals surface area contributed by atoms with Gasteiger partial charge in [-0.2, -0.15) is 0 Å². The first kappa shape index (κ1) is 11.8. The molecular weight excluding hydrogens is 213 g/mol. The van der Waals surface area contributed by atoms with Gasteiger partial charge in [-0.05, 0) is 36.1 Å². The molecule has 0 unspecified atom stereocenters. The van der Waals surface area contributed by atoms with Crippen molar-refractivity contribution in [2.24, 2.45) is 0 Å². The third-order valence-electron chi connectivity index (χ3n) is 2.91. The average Bonchev–Trinajstić information content (AvgIpc) is 2.32. The molecule has 0 fully saturated rings. The average molecular weight is 229 g/mol. The fraction of sp³-hybridized carbons (Fsp3) is 0.267. The van der Waals surface area contributed by atoms with Crippen molar-refractivity contribution in [3.63, 3.8) is 0 Å². The quantitative estimate of drug-likeness (QED) is 0.747. The highest BCUT2D eigenvalue weighted by Crippen LogP contribution is 2.27. The lowest BCUT2D eigenvalue weighted by atomic mass is 9.97. The van der Waals surface area contributed by atoms with Crippen molar-refractivity contribution >= 4 is 0 Å². The Bertz CT molecular complexity index is 532. The summed E-state index contributed by atoms with van der Waals surface area (Å²) in [6.07, 6.45) is 1.75. The van der Waals surface area contributed by atoms with Crippen LogP contribution in [-0.4, -0.2) is 4.98 Å². The van der Waals surface area contributed by atoms with Gasteiger partial charge in [-0.25, -0.2) is 4.39 Å². The Morgan fingerprint density at radius 2 is 1.94 bits per heavy atom. The minimum atomic E-state index is -0.178. The topological polar surface area (TPSA) is 12.9 Å². The van der Waals surface area contributed by atoms with Crippen LogP contribution in [0.5, 0.6) is 0 Å². The number of halogens is 1. The molecule has 2 aromatic rings. The van der Waals surface area contributed by atoms with E-state index < -0.39 is 0 Å². The Morgan fingerprint density at radius 1 is 1.18 bits per heavy atom. The monoisotopic (exact) mass is 229 g/mol. The van der Waals surface area contributed by atoms with Gasteiger partial charge in [0, 0.05) is 11.8 Å². The van der Waals surface area contributed by atoms with E-state index in [1.807, 2.05) is 18.2 Å². The Hall–Kier alpha value is -1.70. The second-order valence-corrected chi connectivity index (χ2v) is 4.56. The summed E-state index contributed by atoms with van der Waals surface area (Å²) < 4.78 is 13.6. The summed E-state index contributed by atoms with van der Waals surface area (Å²) in [5.74, 6) is 0.200. The lowest BCUT2D eigenvalue weighted by Crippen LogP contribution is -1.95. The van der Waals surface area contributed by atoms with Crippen LogP contribution >= 0.6 is 0 Å². The normalized spacial score (nSPS) is 10.9. The number of pyridine rings is 1. The fourth-order valence-corrected chi connectivity index (χ4v) is 1.86. The molecule has 1 heterocycles. The molecule has 88 valence electrons. The molecule has 0 amide bonds. The van der Waals surface area contributed by atoms with Gasteiger partial charge in [0.05, 0.1) is 5.69 Å². The highest BCUT2D eigenvalue weighted by atomic mass is 19.1. The number of aromatic nitrogens is 1. The molecule has 2 rings (SSSR count). The van der Waals surface area contributed by atoms with Crippen LogP contribution in [0.1, 0.15) is 30.9 Å². The van der Waals surface area contributed by atoms with E-state index in [1.165, 1.54) is 0 Å². The van der Waals surface area contributed by atoms with Gasteiger partial charge < -0.3 is 0 Å². The molecule has 1 aromatic heterocycles. The number of hydrogen-bond acceptors (Lipinski definition) is 1. The van der Waals surface area contributed by atoms with Crippen LogP contribution < -0.4 is 0 Å². The predicted octanol–water partition coefficient (Wildman–Crippen LogP) is 4.32. The minimum absolute atomic E-state index is 0.178. The largest absolute Gasteiger partial charge is 0.256 e. The maximum Gasteiger partial charge on any atom is 0.126 e. The zero-order valence-corrected chi connectivity index (χ0v) is 10.4. The second-order valence-electron chi connectivity index (χ2n) is 4.56. The molecule has 17 heavy (non-hydrogen) atoms. The fourth-order valence-electron chi connectivity index (χ4n) is 1.86. The Morgan fingerprint density at radius 3 is 2.59 bits per heavy atom. The lowest BCUT2D eigenvalue weighted by Gasteiger charge is -2.11. The Kier molecular flexibility index (Phi) is 3.23. The maximum atomic E-state index is 13.6. The first-order valence-electron chi connectivity index (χ1n) is 5.81. The summed E-state index contributed by atoms with van der Waals surface area (Å²) in [5, 5.41) is 0. The smallest absolute Gasteiger partial charge is 0.126 e. The second kappa shape index (κ2) is 4.66. The van der Waals surface area contributed by atoms with Gasteiger partial charge in [-0.3, -0.25) is 4.98 Å². The molecule has 0 aliphatic heterocycles. The van der Waals surface area contributed by atoms with Crippen LogP contribution in [0.3, 0.4) is 0 Å². The molecule has 0 radical (unpaired) electrons. The van der Waals surface area contributed by atoms with Gasteiger partial charge in [0.2, 0.25) is 0 Å². The van der Waals surface area contributed by atoms with Crippen LogP contribution in [0.25, 0.3) is 11.3 Å². The van der Waals surface area contributed by atoms with Crippen LogP contribution in [-0.2, 0) is 0 Å². The number of benzene rings is 1. The van der Waals surface area contributed by atoms with E-state index in [9.17, 15) is 4.39 Å². The molecule has 0 N–H and O–H groups in total. The van der Waals surface area contributed by atoms with Crippen LogP contribution in [0.15, 0.2) is 36.5 Å². The Balaban J connectivity index is 2.56. The molecule has 1 nitrogen and oxygen atoms in total. The summed E-state index contributed by atoms with van der Waals surface area (Å²) in [6, 6.07) is 9.24. The number of rotatable bonds is 2. The number of nitrogens with zero attached hydrogens (tertiary/aromatic N) is 1. The van der Waals surface area contributed by atoms with Crippen LogP contribution in [0, 0.1) is 12.7 Å². The van der Waals surface area contributed by atoms with Crippen LogP contribution in [0.4, 0.5) is 4.39 Å². The van der Waals surface area contributed by atoms with Gasteiger partial charge in [0.15, 0.2) is 0 Å². The lowest BCUT2D eigenvalue weighted by molar-refractivity contribution is 0.619. The van der Waals surface area contributed by atoms with Crippen molar-refractivity contribution in [2.75, 3.05) is 0 Å². The van der Waals surface area contributed by atoms with Gasteiger partial charge in [0.1, 0.15) is 5.82 Å². The predicted molar refractivity (Wildman–Crippen MR) is 68.5 cm³/mol. The molecule has 2 heteroatoms. The van der Waals surface area contributed by atoms with Crippen molar-refractivity contribution < 1.29 is 4.39 Å². The van der Waals surface area contributed by atoms with Crippen molar-refractivity contribution in [2.45, 2.75) is 26.7 Å². The van der Waals surface area contributed by atoms with E-state index in [2.05, 4.69) is 18.8 Å². The van der Waals surface area contributed by atoms with Crippen molar-refractivity contribution in [3.8, 4) is 11.3 Å². The third kappa shape index (κ3) is 2.36. The minimum Gasteiger partial charge on any atom is -0.256 e. The van der Waals surface area contributed by atoms with Crippen LogP contribution in [0.2, 0.25) is 0 Å². The molecule has 0 saturated heterocycles. The van der Waals surface area contributed by atoms with E-state index in [1.54, 1.807) is 25.3 Å². The van der Waals surface area contributed by atoms with E-state index in [0.29, 0.717) is 11.5 Å². The summed E-state index contributed by atoms with van der Waals surface area (Å²) in [7, 11) is 0. The Labute approximate surface area is 101 Å². The summed E-state index contributed by atoms with van der Waals surface area (Å²) in [5.41, 5.74) is 3.53. The first-order chi connectivity index (χ1) is 8.09. The summed E-state index contributed by atoms with van der Waals surface area (Å²) >= 11 is 0. The number of hydrogen-bond donors (Lipinski definition) is 0. The third-order valence-corrected chi connectivity index (χ3v) is 2.91. The van der Waals surface area contributed by atoms with E-state index in [-0.39, 0.29) is 5.82 Å². The highest BCUT2D eigenvalue weighted by molar-refractivity contribution is 5.64. The highest BCUT2D eigenvalue weighted by Gasteiger charge is 2.10. The van der Waals surface area contributed by atoms with Crippen molar-refractivity contribution in [1.29, 1.82) is 0 Å². The summed E-state index contributed by atoms with van der Waals surface area (Å²) in [4.78, 5) is 4.37. The first-order valence-corrected chi connectivity index (χ1v) is 5.81. The van der Waals surface area contributed by atoms with Crippen molar-refractivity contribution in [3.05, 3.63) is 53.5 Å². The maximum absolute atomic E-state index is 13.6. The van der Waals surface area contributed by atoms with Crippen molar-refractivity contribution in [1.82, 2.24) is 4.98 Å². The SMILES string of the molecule is Cc1ccc(-c2ncccc2C(C)C)cc1F.